The van der Waals surface area contributed by atoms with Crippen LogP contribution in [0.2, 0.25) is 0 Å². The normalized spacial score (nSPS) is 23.1. The Morgan fingerprint density at radius 1 is 1.26 bits per heavy atom. The van der Waals surface area contributed by atoms with E-state index >= 15 is 0 Å². The van der Waals surface area contributed by atoms with E-state index in [0.29, 0.717) is 10.7 Å². The molecule has 19 heavy (non-hydrogen) atoms. The molecule has 1 N–H and O–H groups in total. The van der Waals surface area contributed by atoms with Crippen molar-refractivity contribution in [2.75, 3.05) is 6.54 Å². The number of aryl methyl sites for hydroxylation is 2. The van der Waals surface area contributed by atoms with Crippen LogP contribution in [0.25, 0.3) is 0 Å². The van der Waals surface area contributed by atoms with Gasteiger partial charge in [0.1, 0.15) is 0 Å². The van der Waals surface area contributed by atoms with Gasteiger partial charge in [0.15, 0.2) is 0 Å². The number of nitrogens with one attached hydrogen (secondary N) is 1. The molecule has 1 aliphatic rings. The average Bonchev–Trinajstić information content (AvgIpc) is 2.40. The van der Waals surface area contributed by atoms with Crippen LogP contribution in [0.4, 0.5) is 0 Å². The number of hydrogen-bond acceptors (Lipinski definition) is 1. The summed E-state index contributed by atoms with van der Waals surface area (Å²) in [6.45, 7) is 4.82. The molecule has 1 saturated carbocycles. The van der Waals surface area contributed by atoms with Gasteiger partial charge in [0.05, 0.1) is 0 Å². The van der Waals surface area contributed by atoms with Gasteiger partial charge in [0.25, 0.3) is 5.91 Å². The molecule has 1 aliphatic carbocycles. The Hall–Kier alpha value is -0.830. The number of halogens is 1. The van der Waals surface area contributed by atoms with Crippen LogP contribution in [-0.2, 0) is 0 Å². The number of rotatable bonds is 3. The van der Waals surface area contributed by atoms with E-state index < -0.39 is 0 Å². The van der Waals surface area contributed by atoms with Gasteiger partial charge in [-0.2, -0.15) is 0 Å². The van der Waals surface area contributed by atoms with Gasteiger partial charge in [0.2, 0.25) is 0 Å². The number of alkyl halides is 1. The van der Waals surface area contributed by atoms with Crippen LogP contribution in [-0.4, -0.2) is 17.3 Å². The van der Waals surface area contributed by atoms with Crippen molar-refractivity contribution in [2.24, 2.45) is 5.92 Å². The molecule has 0 unspecified atom stereocenters. The standard InChI is InChI=1S/C16H22BrNO/c1-11-3-4-12(2)15(9-11)16(19)18-10-13-5-7-14(17)8-6-13/h3-4,9,13-14H,5-8,10H2,1-2H3,(H,18,19). The molecule has 1 fully saturated rings. The Labute approximate surface area is 124 Å². The van der Waals surface area contributed by atoms with E-state index in [0.717, 1.165) is 23.2 Å². The van der Waals surface area contributed by atoms with Crippen LogP contribution in [0.1, 0.15) is 47.2 Å². The predicted molar refractivity (Wildman–Crippen MR) is 82.9 cm³/mol. The lowest BCUT2D eigenvalue weighted by Gasteiger charge is -2.25. The Kier molecular flexibility index (Phi) is 5.03. The summed E-state index contributed by atoms with van der Waals surface area (Å²) < 4.78 is 0. The van der Waals surface area contributed by atoms with Gasteiger partial charge in [-0.05, 0) is 57.1 Å². The highest BCUT2D eigenvalue weighted by molar-refractivity contribution is 9.09. The summed E-state index contributed by atoms with van der Waals surface area (Å²) in [4.78, 5) is 12.9. The first-order chi connectivity index (χ1) is 9.06. The van der Waals surface area contributed by atoms with Gasteiger partial charge >= 0.3 is 0 Å². The van der Waals surface area contributed by atoms with Gasteiger partial charge in [-0.3, -0.25) is 4.79 Å². The fraction of sp³-hybridized carbons (Fsp3) is 0.562. The molecule has 0 atom stereocenters. The van der Waals surface area contributed by atoms with Crippen molar-refractivity contribution in [3.05, 3.63) is 34.9 Å². The topological polar surface area (TPSA) is 29.1 Å². The fourth-order valence-electron chi connectivity index (χ4n) is 2.64. The third kappa shape index (κ3) is 4.07. The highest BCUT2D eigenvalue weighted by Gasteiger charge is 2.20. The van der Waals surface area contributed by atoms with E-state index in [4.69, 9.17) is 0 Å². The van der Waals surface area contributed by atoms with Crippen LogP contribution in [0.5, 0.6) is 0 Å². The number of carbonyl (C=O) groups excluding carboxylic acids is 1. The first-order valence-corrected chi connectivity index (χ1v) is 7.97. The van der Waals surface area contributed by atoms with Crippen LogP contribution in [0.3, 0.4) is 0 Å². The van der Waals surface area contributed by atoms with Crippen molar-refractivity contribution < 1.29 is 4.79 Å². The zero-order valence-electron chi connectivity index (χ0n) is 11.7. The molecule has 0 spiro atoms. The lowest BCUT2D eigenvalue weighted by Crippen LogP contribution is -2.31. The largest absolute Gasteiger partial charge is 0.352 e. The third-order valence-corrected chi connectivity index (χ3v) is 4.88. The van der Waals surface area contributed by atoms with Crippen molar-refractivity contribution >= 4 is 21.8 Å². The molecule has 104 valence electrons. The van der Waals surface area contributed by atoms with Crippen molar-refractivity contribution in [1.82, 2.24) is 5.32 Å². The lowest BCUT2D eigenvalue weighted by atomic mass is 9.89. The summed E-state index contributed by atoms with van der Waals surface area (Å²) in [5, 5.41) is 3.10. The number of benzene rings is 1. The first-order valence-electron chi connectivity index (χ1n) is 7.06. The quantitative estimate of drug-likeness (QED) is 0.837. The number of amides is 1. The summed E-state index contributed by atoms with van der Waals surface area (Å²) in [5.74, 6) is 0.713. The predicted octanol–water partition coefficient (Wildman–Crippen LogP) is 3.99. The Balaban J connectivity index is 1.89. The first kappa shape index (κ1) is 14.6. The van der Waals surface area contributed by atoms with Crippen LogP contribution < -0.4 is 5.32 Å². The second-order valence-corrected chi connectivity index (χ2v) is 6.94. The molecule has 0 aromatic heterocycles. The van der Waals surface area contributed by atoms with Crippen molar-refractivity contribution in [2.45, 2.75) is 44.4 Å². The number of carbonyl (C=O) groups is 1. The van der Waals surface area contributed by atoms with E-state index in [-0.39, 0.29) is 5.91 Å². The fourth-order valence-corrected chi connectivity index (χ4v) is 3.17. The van der Waals surface area contributed by atoms with Crippen LogP contribution >= 0.6 is 15.9 Å². The lowest BCUT2D eigenvalue weighted by molar-refractivity contribution is 0.0943. The highest BCUT2D eigenvalue weighted by Crippen LogP contribution is 2.28. The minimum absolute atomic E-state index is 0.0714. The van der Waals surface area contributed by atoms with E-state index in [9.17, 15) is 4.79 Å². The smallest absolute Gasteiger partial charge is 0.251 e. The van der Waals surface area contributed by atoms with Gasteiger partial charge in [-0.1, -0.05) is 33.6 Å². The number of hydrogen-bond donors (Lipinski definition) is 1. The molecule has 1 aromatic carbocycles. The maximum atomic E-state index is 12.2. The zero-order chi connectivity index (χ0) is 13.8. The Morgan fingerprint density at radius 3 is 2.63 bits per heavy atom. The minimum Gasteiger partial charge on any atom is -0.352 e. The van der Waals surface area contributed by atoms with Gasteiger partial charge in [-0.25, -0.2) is 0 Å². The summed E-state index contributed by atoms with van der Waals surface area (Å²) in [7, 11) is 0. The Morgan fingerprint density at radius 2 is 1.95 bits per heavy atom. The van der Waals surface area contributed by atoms with Crippen LogP contribution in [0, 0.1) is 19.8 Å². The molecule has 2 rings (SSSR count). The molecule has 0 bridgehead atoms. The molecule has 3 heteroatoms. The maximum Gasteiger partial charge on any atom is 0.251 e. The highest BCUT2D eigenvalue weighted by atomic mass is 79.9. The molecular formula is C16H22BrNO. The second kappa shape index (κ2) is 6.56. The third-order valence-electron chi connectivity index (χ3n) is 3.97. The zero-order valence-corrected chi connectivity index (χ0v) is 13.3. The van der Waals surface area contributed by atoms with Crippen molar-refractivity contribution in [3.63, 3.8) is 0 Å². The summed E-state index contributed by atoms with van der Waals surface area (Å²) in [6, 6.07) is 6.03. The molecular weight excluding hydrogens is 302 g/mol. The molecule has 0 radical (unpaired) electrons. The van der Waals surface area contributed by atoms with Crippen LogP contribution in [0.15, 0.2) is 18.2 Å². The molecule has 0 aliphatic heterocycles. The second-order valence-electron chi connectivity index (χ2n) is 5.65. The summed E-state index contributed by atoms with van der Waals surface area (Å²) >= 11 is 3.66. The molecule has 2 nitrogen and oxygen atoms in total. The van der Waals surface area contributed by atoms with Gasteiger partial charge < -0.3 is 5.32 Å². The van der Waals surface area contributed by atoms with E-state index in [1.54, 1.807) is 0 Å². The molecule has 1 aromatic rings. The van der Waals surface area contributed by atoms with E-state index in [1.807, 2.05) is 32.0 Å². The SMILES string of the molecule is Cc1ccc(C)c(C(=O)NCC2CCC(Br)CC2)c1. The maximum absolute atomic E-state index is 12.2. The summed E-state index contributed by atoms with van der Waals surface area (Å²) in [5.41, 5.74) is 3.00. The van der Waals surface area contributed by atoms with Crippen molar-refractivity contribution in [1.29, 1.82) is 0 Å². The van der Waals surface area contributed by atoms with E-state index in [2.05, 4.69) is 21.2 Å². The van der Waals surface area contributed by atoms with Gasteiger partial charge in [-0.15, -0.1) is 0 Å². The Bertz CT molecular complexity index is 450. The monoisotopic (exact) mass is 323 g/mol. The average molecular weight is 324 g/mol. The molecule has 0 heterocycles. The molecule has 1 amide bonds. The van der Waals surface area contributed by atoms with Crippen molar-refractivity contribution in [3.8, 4) is 0 Å². The van der Waals surface area contributed by atoms with E-state index in [1.165, 1.54) is 25.7 Å². The van der Waals surface area contributed by atoms with Gasteiger partial charge in [0, 0.05) is 16.9 Å². The minimum atomic E-state index is 0.0714. The summed E-state index contributed by atoms with van der Waals surface area (Å²) in [6.07, 6.45) is 4.88. The molecule has 0 saturated heterocycles.